The number of hydrogen-bond acceptors (Lipinski definition) is 8. The molecule has 0 amide bonds. The van der Waals surface area contributed by atoms with Crippen molar-refractivity contribution in [2.24, 2.45) is 0 Å². The summed E-state index contributed by atoms with van der Waals surface area (Å²) >= 11 is 12.6. The van der Waals surface area contributed by atoms with Crippen LogP contribution in [0.1, 0.15) is 5.82 Å². The summed E-state index contributed by atoms with van der Waals surface area (Å²) in [6.07, 6.45) is 3.45. The smallest absolute Gasteiger partial charge is 0.287 e. The summed E-state index contributed by atoms with van der Waals surface area (Å²) in [7, 11) is 0. The Morgan fingerprint density at radius 2 is 1.80 bits per heavy atom. The number of rotatable bonds is 7. The van der Waals surface area contributed by atoms with E-state index >= 15 is 0 Å². The number of aromatic amines is 1. The Kier molecular flexibility index (Phi) is 6.21. The van der Waals surface area contributed by atoms with Crippen LogP contribution in [0.5, 0.6) is 0 Å². The van der Waals surface area contributed by atoms with Gasteiger partial charge in [-0.25, -0.2) is 15.0 Å². The van der Waals surface area contributed by atoms with Crippen LogP contribution in [0.3, 0.4) is 0 Å². The zero-order valence-electron chi connectivity index (χ0n) is 17.9. The summed E-state index contributed by atoms with van der Waals surface area (Å²) in [5.41, 5.74) is 4.44. The Morgan fingerprint density at radius 1 is 0.943 bits per heavy atom. The molecule has 0 aliphatic carbocycles. The third kappa shape index (κ3) is 4.88. The van der Waals surface area contributed by atoms with Gasteiger partial charge in [-0.3, -0.25) is 10.1 Å². The number of anilines is 1. The van der Waals surface area contributed by atoms with Gasteiger partial charge < -0.3 is 5.32 Å². The van der Waals surface area contributed by atoms with Crippen LogP contribution < -0.4 is 5.32 Å². The van der Waals surface area contributed by atoms with Gasteiger partial charge in [-0.1, -0.05) is 29.3 Å². The first kappa shape index (κ1) is 22.6. The summed E-state index contributed by atoms with van der Waals surface area (Å²) in [6.45, 7) is 0.475. The highest BCUT2D eigenvalue weighted by Gasteiger charge is 2.16. The molecule has 0 saturated carbocycles. The fraction of sp³-hybridized carbons (Fsp3) is 0.0870. The number of pyridine rings is 1. The minimum Gasteiger partial charge on any atom is -0.370 e. The van der Waals surface area contributed by atoms with Crippen molar-refractivity contribution in [3.8, 4) is 22.4 Å². The Morgan fingerprint density at radius 3 is 2.57 bits per heavy atom. The molecule has 0 aliphatic heterocycles. The molecule has 2 N–H and O–H groups in total. The number of H-pyrrole nitrogens is 1. The second-order valence-corrected chi connectivity index (χ2v) is 8.38. The molecule has 5 aromatic rings. The predicted molar refractivity (Wildman–Crippen MR) is 133 cm³/mol. The highest BCUT2D eigenvalue weighted by Crippen LogP contribution is 2.36. The molecule has 0 aliphatic rings. The molecule has 0 radical (unpaired) electrons. The highest BCUT2D eigenvalue weighted by molar-refractivity contribution is 6.36. The lowest BCUT2D eigenvalue weighted by Gasteiger charge is -2.13. The second kappa shape index (κ2) is 9.61. The summed E-state index contributed by atoms with van der Waals surface area (Å²) in [5.74, 6) is 1.11. The van der Waals surface area contributed by atoms with Gasteiger partial charge in [-0.15, -0.1) is 0 Å². The average Bonchev–Trinajstić information content (AvgIpc) is 3.32. The Balaban J connectivity index is 1.45. The number of nitrogens with zero attached hydrogens (tertiary/aromatic N) is 6. The van der Waals surface area contributed by atoms with Crippen LogP contribution in [-0.4, -0.2) is 41.8 Å². The number of nitro groups is 1. The molecule has 2 aromatic carbocycles. The fourth-order valence-corrected chi connectivity index (χ4v) is 4.04. The van der Waals surface area contributed by atoms with Gasteiger partial charge in [-0.05, 0) is 42.0 Å². The molecule has 35 heavy (non-hydrogen) atoms. The van der Waals surface area contributed by atoms with Crippen LogP contribution in [-0.2, 0) is 6.42 Å². The van der Waals surface area contributed by atoms with Crippen molar-refractivity contribution in [1.82, 2.24) is 30.4 Å². The maximum absolute atomic E-state index is 10.8. The zero-order valence-corrected chi connectivity index (χ0v) is 19.5. The maximum Gasteiger partial charge on any atom is 0.287 e. The first-order chi connectivity index (χ1) is 17.0. The number of nitrogens with one attached hydrogen (secondary N) is 2. The molecule has 3 aromatic heterocycles. The van der Waals surface area contributed by atoms with Crippen molar-refractivity contribution in [1.29, 1.82) is 0 Å². The van der Waals surface area contributed by atoms with E-state index in [9.17, 15) is 10.1 Å². The molecule has 5 rings (SSSR count). The first-order valence-electron chi connectivity index (χ1n) is 10.4. The summed E-state index contributed by atoms with van der Waals surface area (Å²) < 4.78 is 0. The quantitative estimate of drug-likeness (QED) is 0.222. The van der Waals surface area contributed by atoms with Gasteiger partial charge in [0.2, 0.25) is 0 Å². The van der Waals surface area contributed by atoms with Gasteiger partial charge in [0.1, 0.15) is 28.9 Å². The normalized spacial score (nSPS) is 11.0. The van der Waals surface area contributed by atoms with Crippen LogP contribution in [0, 0.1) is 10.1 Å². The van der Waals surface area contributed by atoms with E-state index in [1.54, 1.807) is 24.4 Å². The molecular weight excluding hydrogens is 491 g/mol. The van der Waals surface area contributed by atoms with E-state index in [2.05, 4.69) is 30.7 Å². The highest BCUT2D eigenvalue weighted by atomic mass is 35.5. The SMILES string of the molecule is O=[N+]([O-])c1ccc(NCCc2ncc(-c3ccc4n[nH]nc4c3)c(-c3ccc(Cl)cc3Cl)n2)nc1. The molecule has 0 bridgehead atoms. The van der Waals surface area contributed by atoms with Gasteiger partial charge in [0.05, 0.1) is 15.6 Å². The van der Waals surface area contributed by atoms with Gasteiger partial charge in [0.25, 0.3) is 5.69 Å². The van der Waals surface area contributed by atoms with Crippen LogP contribution in [0.25, 0.3) is 33.4 Å². The molecule has 3 heterocycles. The van der Waals surface area contributed by atoms with Crippen molar-refractivity contribution in [3.63, 3.8) is 0 Å². The van der Waals surface area contributed by atoms with E-state index in [1.165, 1.54) is 12.3 Å². The minimum absolute atomic E-state index is 0.0669. The lowest BCUT2D eigenvalue weighted by Crippen LogP contribution is -2.09. The van der Waals surface area contributed by atoms with E-state index in [4.69, 9.17) is 28.2 Å². The number of hydrogen-bond donors (Lipinski definition) is 2. The van der Waals surface area contributed by atoms with E-state index in [-0.39, 0.29) is 5.69 Å². The molecule has 0 spiro atoms. The van der Waals surface area contributed by atoms with Gasteiger partial charge in [0, 0.05) is 41.4 Å². The molecule has 174 valence electrons. The van der Waals surface area contributed by atoms with Gasteiger partial charge in [-0.2, -0.15) is 15.4 Å². The largest absolute Gasteiger partial charge is 0.370 e. The average molecular weight is 507 g/mol. The standard InChI is InChI=1S/C23H16Cl2N8O2/c24-14-2-4-16(18(25)10-14)23-17(13-1-5-19-20(9-13)31-32-30-19)12-28-22(29-23)7-8-26-21-6-3-15(11-27-21)33(34)35/h1-6,9-12H,7-8H2,(H,26,27)(H,30,31,32). The summed E-state index contributed by atoms with van der Waals surface area (Å²) in [6, 6.07) is 13.9. The minimum atomic E-state index is -0.490. The zero-order chi connectivity index (χ0) is 24.4. The van der Waals surface area contributed by atoms with Crippen molar-refractivity contribution in [3.05, 3.63) is 86.9 Å². The van der Waals surface area contributed by atoms with Crippen LogP contribution in [0.2, 0.25) is 10.0 Å². The van der Waals surface area contributed by atoms with Gasteiger partial charge >= 0.3 is 0 Å². The monoisotopic (exact) mass is 506 g/mol. The Hall–Kier alpha value is -4.15. The van der Waals surface area contributed by atoms with E-state index in [1.807, 2.05) is 24.3 Å². The molecule has 12 heteroatoms. The van der Waals surface area contributed by atoms with E-state index in [0.29, 0.717) is 40.3 Å². The van der Waals surface area contributed by atoms with Crippen molar-refractivity contribution >= 4 is 45.7 Å². The lowest BCUT2D eigenvalue weighted by atomic mass is 10.00. The second-order valence-electron chi connectivity index (χ2n) is 7.54. The van der Waals surface area contributed by atoms with Crippen LogP contribution >= 0.6 is 23.2 Å². The first-order valence-corrected chi connectivity index (χ1v) is 11.2. The maximum atomic E-state index is 10.8. The fourth-order valence-electron chi connectivity index (χ4n) is 3.55. The lowest BCUT2D eigenvalue weighted by molar-refractivity contribution is -0.385. The van der Waals surface area contributed by atoms with Gasteiger partial charge in [0.15, 0.2) is 0 Å². The molecule has 0 unspecified atom stereocenters. The van der Waals surface area contributed by atoms with E-state index in [0.717, 1.165) is 27.7 Å². The van der Waals surface area contributed by atoms with E-state index < -0.39 is 4.92 Å². The van der Waals surface area contributed by atoms with Crippen molar-refractivity contribution < 1.29 is 4.92 Å². The number of halogens is 2. The Bertz CT molecular complexity index is 1540. The molecule has 10 nitrogen and oxygen atoms in total. The van der Waals surface area contributed by atoms with Crippen molar-refractivity contribution in [2.75, 3.05) is 11.9 Å². The molecule has 0 atom stereocenters. The number of benzene rings is 2. The summed E-state index contributed by atoms with van der Waals surface area (Å²) in [4.78, 5) is 23.7. The Labute approximate surface area is 208 Å². The topological polar surface area (TPSA) is 135 Å². The predicted octanol–water partition coefficient (Wildman–Crippen LogP) is 5.35. The van der Waals surface area contributed by atoms with Crippen LogP contribution in [0.15, 0.2) is 60.9 Å². The number of aromatic nitrogens is 6. The third-order valence-corrected chi connectivity index (χ3v) is 5.81. The number of fused-ring (bicyclic) bond motifs is 1. The summed E-state index contributed by atoms with van der Waals surface area (Å²) in [5, 5.41) is 25.8. The third-order valence-electron chi connectivity index (χ3n) is 5.27. The molecule has 0 fully saturated rings. The molecular formula is C23H16Cl2N8O2. The van der Waals surface area contributed by atoms with Crippen LogP contribution in [0.4, 0.5) is 11.5 Å². The van der Waals surface area contributed by atoms with Crippen molar-refractivity contribution in [2.45, 2.75) is 6.42 Å². The molecule has 0 saturated heterocycles.